The zero-order valence-corrected chi connectivity index (χ0v) is 12.8. The van der Waals surface area contributed by atoms with Gasteiger partial charge in [0.15, 0.2) is 0 Å². The third kappa shape index (κ3) is 4.22. The van der Waals surface area contributed by atoms with E-state index in [1.807, 2.05) is 6.07 Å². The maximum absolute atomic E-state index is 12.0. The first-order chi connectivity index (χ1) is 8.75. The summed E-state index contributed by atoms with van der Waals surface area (Å²) in [6, 6.07) is 6.70. The Balaban J connectivity index is 2.87. The van der Waals surface area contributed by atoms with Gasteiger partial charge >= 0.3 is 0 Å². The van der Waals surface area contributed by atoms with Crippen molar-refractivity contribution in [1.82, 2.24) is 4.31 Å². The topological polar surface area (TPSA) is 80.5 Å². The Morgan fingerprint density at radius 1 is 1.42 bits per heavy atom. The van der Waals surface area contributed by atoms with E-state index in [2.05, 4.69) is 0 Å². The van der Waals surface area contributed by atoms with E-state index in [-0.39, 0.29) is 16.1 Å². The van der Waals surface area contributed by atoms with Crippen LogP contribution in [0.5, 0.6) is 0 Å². The molecule has 0 radical (unpaired) electrons. The van der Waals surface area contributed by atoms with Crippen LogP contribution in [0.1, 0.15) is 12.5 Å². The lowest BCUT2D eigenvalue weighted by molar-refractivity contribution is -0.117. The summed E-state index contributed by atoms with van der Waals surface area (Å²) in [6.07, 6.45) is 0. The van der Waals surface area contributed by atoms with Crippen LogP contribution in [0.15, 0.2) is 29.2 Å². The van der Waals surface area contributed by atoms with Gasteiger partial charge in [-0.3, -0.25) is 4.79 Å². The molecule has 0 unspecified atom stereocenters. The van der Waals surface area contributed by atoms with E-state index in [1.165, 1.54) is 30.2 Å². The van der Waals surface area contributed by atoms with Crippen LogP contribution < -0.4 is 5.73 Å². The number of carbonyl (C=O) groups is 1. The van der Waals surface area contributed by atoms with E-state index in [4.69, 9.17) is 5.73 Å². The van der Waals surface area contributed by atoms with Crippen LogP contribution in [0.2, 0.25) is 0 Å². The van der Waals surface area contributed by atoms with Crippen LogP contribution >= 0.6 is 11.8 Å². The number of rotatable bonds is 6. The minimum Gasteiger partial charge on any atom is -0.369 e. The van der Waals surface area contributed by atoms with Crippen LogP contribution in [0.25, 0.3) is 0 Å². The van der Waals surface area contributed by atoms with Crippen molar-refractivity contribution in [3.05, 3.63) is 29.8 Å². The monoisotopic (exact) mass is 302 g/mol. The van der Waals surface area contributed by atoms with Gasteiger partial charge in [-0.05, 0) is 24.6 Å². The predicted octanol–water partition coefficient (Wildman–Crippen LogP) is 1.04. The van der Waals surface area contributed by atoms with Crippen molar-refractivity contribution < 1.29 is 13.2 Å². The number of hydrogen-bond acceptors (Lipinski definition) is 4. The molecule has 7 heteroatoms. The predicted molar refractivity (Wildman–Crippen MR) is 77.3 cm³/mol. The number of nitrogens with two attached hydrogens (primary N) is 1. The van der Waals surface area contributed by atoms with E-state index >= 15 is 0 Å². The second-order valence-electron chi connectivity index (χ2n) is 4.29. The number of amides is 1. The lowest BCUT2D eigenvalue weighted by atomic mass is 10.2. The number of nitrogens with zero attached hydrogens (tertiary/aromatic N) is 1. The third-order valence-electron chi connectivity index (χ3n) is 2.58. The van der Waals surface area contributed by atoms with E-state index in [1.54, 1.807) is 25.1 Å². The van der Waals surface area contributed by atoms with Gasteiger partial charge in [-0.1, -0.05) is 12.1 Å². The number of sulfonamides is 1. The average Bonchev–Trinajstić information content (AvgIpc) is 2.35. The van der Waals surface area contributed by atoms with Crippen molar-refractivity contribution in [2.24, 2.45) is 5.73 Å². The molecule has 5 nitrogen and oxygen atoms in total. The van der Waals surface area contributed by atoms with Crippen molar-refractivity contribution in [2.45, 2.75) is 22.8 Å². The molecule has 0 bridgehead atoms. The molecule has 0 aliphatic carbocycles. The molecule has 0 fully saturated rings. The van der Waals surface area contributed by atoms with Crippen molar-refractivity contribution in [3.8, 4) is 0 Å². The Hall–Kier alpha value is -1.05. The number of primary amides is 1. The summed E-state index contributed by atoms with van der Waals surface area (Å²) in [6.45, 7) is 1.73. The van der Waals surface area contributed by atoms with E-state index in [0.717, 1.165) is 5.56 Å². The zero-order valence-electron chi connectivity index (χ0n) is 11.2. The van der Waals surface area contributed by atoms with Gasteiger partial charge in [0.25, 0.3) is 0 Å². The minimum atomic E-state index is -3.42. The lowest BCUT2D eigenvalue weighted by Gasteiger charge is -2.12. The molecule has 2 N–H and O–H groups in total. The zero-order chi connectivity index (χ0) is 14.6. The Bertz CT molecular complexity index is 556. The van der Waals surface area contributed by atoms with Crippen molar-refractivity contribution in [3.63, 3.8) is 0 Å². The van der Waals surface area contributed by atoms with E-state index < -0.39 is 10.0 Å². The third-order valence-corrected chi connectivity index (χ3v) is 5.62. The molecule has 0 spiro atoms. The molecule has 19 heavy (non-hydrogen) atoms. The molecule has 1 aromatic rings. The van der Waals surface area contributed by atoms with Crippen LogP contribution in [0, 0.1) is 0 Å². The molecule has 1 amide bonds. The van der Waals surface area contributed by atoms with Gasteiger partial charge in [0.1, 0.15) is 0 Å². The second kappa shape index (κ2) is 6.40. The molecule has 0 heterocycles. The number of hydrogen-bond donors (Lipinski definition) is 1. The summed E-state index contributed by atoms with van der Waals surface area (Å²) in [5.74, 6) is 0.169. The van der Waals surface area contributed by atoms with Crippen LogP contribution in [-0.4, -0.2) is 38.0 Å². The fraction of sp³-hybridized carbons (Fsp3) is 0.417. The SMILES string of the molecule is C[C@@H](SCc1cccc(S(=O)(=O)N(C)C)c1)C(N)=O. The Morgan fingerprint density at radius 2 is 2.05 bits per heavy atom. The van der Waals surface area contributed by atoms with Crippen LogP contribution in [-0.2, 0) is 20.6 Å². The molecule has 106 valence electrons. The van der Waals surface area contributed by atoms with Crippen LogP contribution in [0.4, 0.5) is 0 Å². The van der Waals surface area contributed by atoms with E-state index in [9.17, 15) is 13.2 Å². The fourth-order valence-corrected chi connectivity index (χ4v) is 3.07. The summed E-state index contributed by atoms with van der Waals surface area (Å²) in [4.78, 5) is 11.2. The summed E-state index contributed by atoms with van der Waals surface area (Å²) in [5, 5.41) is -0.297. The van der Waals surface area contributed by atoms with Gasteiger partial charge in [0.2, 0.25) is 15.9 Å². The van der Waals surface area contributed by atoms with E-state index in [0.29, 0.717) is 5.75 Å². The number of benzene rings is 1. The highest BCUT2D eigenvalue weighted by molar-refractivity contribution is 7.99. The van der Waals surface area contributed by atoms with Gasteiger partial charge < -0.3 is 5.73 Å². The number of carbonyl (C=O) groups excluding carboxylic acids is 1. The highest BCUT2D eigenvalue weighted by atomic mass is 32.2. The number of thioether (sulfide) groups is 1. The second-order valence-corrected chi connectivity index (χ2v) is 7.77. The van der Waals surface area contributed by atoms with Gasteiger partial charge in [0.05, 0.1) is 10.1 Å². The Morgan fingerprint density at radius 3 is 2.58 bits per heavy atom. The van der Waals surface area contributed by atoms with Crippen molar-refractivity contribution >= 4 is 27.7 Å². The maximum atomic E-state index is 12.0. The molecular weight excluding hydrogens is 284 g/mol. The summed E-state index contributed by atoms with van der Waals surface area (Å²) in [7, 11) is -0.438. The van der Waals surface area contributed by atoms with Crippen molar-refractivity contribution in [2.75, 3.05) is 14.1 Å². The lowest BCUT2D eigenvalue weighted by Crippen LogP contribution is -2.23. The van der Waals surface area contributed by atoms with Gasteiger partial charge in [-0.2, -0.15) is 0 Å². The molecule has 1 atom stereocenters. The first-order valence-electron chi connectivity index (χ1n) is 5.67. The van der Waals surface area contributed by atoms with Gasteiger partial charge in [-0.15, -0.1) is 11.8 Å². The molecule has 0 saturated heterocycles. The first kappa shape index (κ1) is 16.0. The molecule has 0 aliphatic rings. The molecule has 0 aliphatic heterocycles. The summed E-state index contributed by atoms with van der Waals surface area (Å²) in [5.41, 5.74) is 6.02. The Kier molecular flexibility index (Phi) is 5.39. The molecular formula is C12H18N2O3S2. The molecule has 1 rings (SSSR count). The normalized spacial score (nSPS) is 13.5. The van der Waals surface area contributed by atoms with Crippen LogP contribution in [0.3, 0.4) is 0 Å². The highest BCUT2D eigenvalue weighted by Crippen LogP contribution is 2.21. The van der Waals surface area contributed by atoms with Gasteiger partial charge in [-0.25, -0.2) is 12.7 Å². The van der Waals surface area contributed by atoms with Gasteiger partial charge in [0, 0.05) is 19.8 Å². The Labute approximate surface area is 118 Å². The highest BCUT2D eigenvalue weighted by Gasteiger charge is 2.17. The fourth-order valence-electron chi connectivity index (χ4n) is 1.31. The molecule has 0 aromatic heterocycles. The standard InChI is InChI=1S/C12H18N2O3S2/c1-9(12(13)15)18-8-10-5-4-6-11(7-10)19(16,17)14(2)3/h4-7,9H,8H2,1-3H3,(H2,13,15)/t9-/m1/s1. The summed E-state index contributed by atoms with van der Waals surface area (Å²) < 4.78 is 25.1. The quantitative estimate of drug-likeness (QED) is 0.851. The minimum absolute atomic E-state index is 0.252. The van der Waals surface area contributed by atoms with Crippen molar-refractivity contribution in [1.29, 1.82) is 0 Å². The smallest absolute Gasteiger partial charge is 0.242 e. The first-order valence-corrected chi connectivity index (χ1v) is 8.16. The largest absolute Gasteiger partial charge is 0.369 e. The average molecular weight is 302 g/mol. The molecule has 1 aromatic carbocycles. The summed E-state index contributed by atoms with van der Waals surface area (Å²) >= 11 is 1.38. The maximum Gasteiger partial charge on any atom is 0.242 e. The molecule has 0 saturated carbocycles.